The number of pyridine rings is 2. The molecule has 2 nitrogen and oxygen atoms in total. The molecule has 0 amide bonds. The molecule has 0 spiro atoms. The molecule has 2 aromatic rings. The van der Waals surface area contributed by atoms with Gasteiger partial charge in [0.1, 0.15) is 0 Å². The minimum Gasteiger partial charge on any atom is -0.264 e. The van der Waals surface area contributed by atoms with Gasteiger partial charge >= 0.3 is 0 Å². The van der Waals surface area contributed by atoms with Crippen LogP contribution < -0.4 is 0 Å². The van der Waals surface area contributed by atoms with Crippen LogP contribution in [0.3, 0.4) is 0 Å². The highest BCUT2D eigenvalue weighted by molar-refractivity contribution is 5.19. The van der Waals surface area contributed by atoms with E-state index in [0.717, 1.165) is 18.5 Å². The molecule has 0 bridgehead atoms. The first-order valence-corrected chi connectivity index (χ1v) is 5.56. The first kappa shape index (κ1) is 10.8. The van der Waals surface area contributed by atoms with Crippen molar-refractivity contribution in [2.24, 2.45) is 0 Å². The van der Waals surface area contributed by atoms with E-state index in [1.807, 2.05) is 25.5 Å². The second-order valence-electron chi connectivity index (χ2n) is 4.18. The highest BCUT2D eigenvalue weighted by Gasteiger charge is 1.97. The van der Waals surface area contributed by atoms with Crippen molar-refractivity contribution in [2.45, 2.75) is 26.7 Å². The van der Waals surface area contributed by atoms with Gasteiger partial charge in [0.05, 0.1) is 0 Å². The van der Waals surface area contributed by atoms with Gasteiger partial charge in [0.15, 0.2) is 0 Å². The minimum atomic E-state index is 1.03. The Labute approximate surface area is 96.4 Å². The molecule has 82 valence electrons. The normalized spacial score (nSPS) is 10.4. The van der Waals surface area contributed by atoms with E-state index in [4.69, 9.17) is 0 Å². The van der Waals surface area contributed by atoms with Crippen LogP contribution in [0.5, 0.6) is 0 Å². The van der Waals surface area contributed by atoms with Crippen molar-refractivity contribution in [2.75, 3.05) is 0 Å². The lowest BCUT2D eigenvalue weighted by atomic mass is 10.1. The summed E-state index contributed by atoms with van der Waals surface area (Å²) in [7, 11) is 0. The molecule has 16 heavy (non-hydrogen) atoms. The minimum absolute atomic E-state index is 1.03. The number of nitrogens with zero attached hydrogens (tertiary/aromatic N) is 2. The summed E-state index contributed by atoms with van der Waals surface area (Å²) in [5.74, 6) is 0. The average Bonchev–Trinajstić information content (AvgIpc) is 2.28. The van der Waals surface area contributed by atoms with Crippen LogP contribution in [0, 0.1) is 13.8 Å². The standard InChI is InChI=1S/C14H16N2/c1-11-7-14(9-15-8-11)6-5-13-4-3-12(2)16-10-13/h3-4,7-10H,5-6H2,1-2H3. The zero-order valence-electron chi connectivity index (χ0n) is 9.77. The molecule has 0 unspecified atom stereocenters. The summed E-state index contributed by atoms with van der Waals surface area (Å²) < 4.78 is 0. The molecule has 0 saturated heterocycles. The molecule has 0 N–H and O–H groups in total. The summed E-state index contributed by atoms with van der Waals surface area (Å²) in [6.45, 7) is 4.08. The summed E-state index contributed by atoms with van der Waals surface area (Å²) in [5, 5.41) is 0. The molecule has 0 aliphatic rings. The van der Waals surface area contributed by atoms with Crippen molar-refractivity contribution < 1.29 is 0 Å². The predicted molar refractivity (Wildman–Crippen MR) is 65.4 cm³/mol. The first-order valence-electron chi connectivity index (χ1n) is 5.56. The van der Waals surface area contributed by atoms with Gasteiger partial charge in [0, 0.05) is 24.3 Å². The maximum absolute atomic E-state index is 4.29. The van der Waals surface area contributed by atoms with E-state index in [2.05, 4.69) is 35.1 Å². The Morgan fingerprint density at radius 3 is 2.44 bits per heavy atom. The maximum Gasteiger partial charge on any atom is 0.0372 e. The Balaban J connectivity index is 1.99. The van der Waals surface area contributed by atoms with E-state index in [9.17, 15) is 0 Å². The molecular formula is C14H16N2. The molecule has 0 aliphatic heterocycles. The third kappa shape index (κ3) is 2.89. The van der Waals surface area contributed by atoms with Gasteiger partial charge in [-0.1, -0.05) is 12.1 Å². The zero-order chi connectivity index (χ0) is 11.4. The molecule has 2 heterocycles. The van der Waals surface area contributed by atoms with Crippen molar-refractivity contribution in [1.29, 1.82) is 0 Å². The number of aromatic nitrogens is 2. The van der Waals surface area contributed by atoms with E-state index in [-0.39, 0.29) is 0 Å². The van der Waals surface area contributed by atoms with Gasteiger partial charge in [-0.25, -0.2) is 0 Å². The third-order valence-corrected chi connectivity index (χ3v) is 2.61. The molecule has 0 saturated carbocycles. The number of hydrogen-bond acceptors (Lipinski definition) is 2. The number of aryl methyl sites for hydroxylation is 4. The average molecular weight is 212 g/mol. The SMILES string of the molecule is Cc1cncc(CCc2ccc(C)nc2)c1. The van der Waals surface area contributed by atoms with E-state index in [0.29, 0.717) is 0 Å². The lowest BCUT2D eigenvalue weighted by Gasteiger charge is -2.02. The summed E-state index contributed by atoms with van der Waals surface area (Å²) in [6.07, 6.45) is 7.84. The number of hydrogen-bond donors (Lipinski definition) is 0. The Bertz CT molecular complexity index is 460. The molecule has 2 aromatic heterocycles. The monoisotopic (exact) mass is 212 g/mol. The fourth-order valence-corrected chi connectivity index (χ4v) is 1.69. The smallest absolute Gasteiger partial charge is 0.0372 e. The molecule has 0 atom stereocenters. The lowest BCUT2D eigenvalue weighted by molar-refractivity contribution is 0.933. The van der Waals surface area contributed by atoms with Crippen LogP contribution >= 0.6 is 0 Å². The van der Waals surface area contributed by atoms with Crippen molar-refractivity contribution >= 4 is 0 Å². The molecule has 0 fully saturated rings. The molecule has 0 aromatic carbocycles. The Hall–Kier alpha value is -1.70. The van der Waals surface area contributed by atoms with Crippen molar-refractivity contribution in [3.63, 3.8) is 0 Å². The van der Waals surface area contributed by atoms with Crippen LogP contribution in [0.15, 0.2) is 36.8 Å². The van der Waals surface area contributed by atoms with Crippen molar-refractivity contribution in [3.05, 3.63) is 59.2 Å². The Morgan fingerprint density at radius 1 is 0.938 bits per heavy atom. The van der Waals surface area contributed by atoms with Gasteiger partial charge in [-0.15, -0.1) is 0 Å². The van der Waals surface area contributed by atoms with Crippen molar-refractivity contribution in [1.82, 2.24) is 9.97 Å². The Kier molecular flexibility index (Phi) is 3.30. The van der Waals surface area contributed by atoms with E-state index >= 15 is 0 Å². The molecule has 0 aliphatic carbocycles. The highest BCUT2D eigenvalue weighted by atomic mass is 14.7. The van der Waals surface area contributed by atoms with Crippen molar-refractivity contribution in [3.8, 4) is 0 Å². The third-order valence-electron chi connectivity index (χ3n) is 2.61. The van der Waals surface area contributed by atoms with Gasteiger partial charge in [0.2, 0.25) is 0 Å². The van der Waals surface area contributed by atoms with Gasteiger partial charge < -0.3 is 0 Å². The fourth-order valence-electron chi connectivity index (χ4n) is 1.69. The van der Waals surface area contributed by atoms with Gasteiger partial charge in [-0.3, -0.25) is 9.97 Å². The van der Waals surface area contributed by atoms with Gasteiger partial charge in [-0.05, 0) is 49.4 Å². The van der Waals surface area contributed by atoms with E-state index < -0.39 is 0 Å². The summed E-state index contributed by atoms with van der Waals surface area (Å²) in [4.78, 5) is 8.49. The largest absolute Gasteiger partial charge is 0.264 e. The molecule has 2 heteroatoms. The summed E-state index contributed by atoms with van der Waals surface area (Å²) >= 11 is 0. The first-order chi connectivity index (χ1) is 7.74. The lowest BCUT2D eigenvalue weighted by Crippen LogP contribution is -1.94. The zero-order valence-corrected chi connectivity index (χ0v) is 9.77. The molecular weight excluding hydrogens is 196 g/mol. The fraction of sp³-hybridized carbons (Fsp3) is 0.286. The van der Waals surface area contributed by atoms with Crippen LogP contribution in [0.2, 0.25) is 0 Å². The topological polar surface area (TPSA) is 25.8 Å². The van der Waals surface area contributed by atoms with Crippen LogP contribution in [0.25, 0.3) is 0 Å². The second-order valence-corrected chi connectivity index (χ2v) is 4.18. The predicted octanol–water partition coefficient (Wildman–Crippen LogP) is 2.88. The summed E-state index contributed by atoms with van der Waals surface area (Å²) in [5.41, 5.74) is 4.87. The molecule has 0 radical (unpaired) electrons. The number of rotatable bonds is 3. The van der Waals surface area contributed by atoms with Crippen LogP contribution in [-0.4, -0.2) is 9.97 Å². The van der Waals surface area contributed by atoms with E-state index in [1.54, 1.807) is 0 Å². The second kappa shape index (κ2) is 4.88. The van der Waals surface area contributed by atoms with Crippen LogP contribution in [0.4, 0.5) is 0 Å². The highest BCUT2D eigenvalue weighted by Crippen LogP contribution is 2.07. The van der Waals surface area contributed by atoms with Crippen LogP contribution in [-0.2, 0) is 12.8 Å². The van der Waals surface area contributed by atoms with Crippen LogP contribution in [0.1, 0.15) is 22.4 Å². The Morgan fingerprint density at radius 2 is 1.75 bits per heavy atom. The van der Waals surface area contributed by atoms with Gasteiger partial charge in [-0.2, -0.15) is 0 Å². The van der Waals surface area contributed by atoms with E-state index in [1.165, 1.54) is 16.7 Å². The molecule has 2 rings (SSSR count). The maximum atomic E-state index is 4.29. The van der Waals surface area contributed by atoms with Gasteiger partial charge in [0.25, 0.3) is 0 Å². The quantitative estimate of drug-likeness (QED) is 0.781. The summed E-state index contributed by atoms with van der Waals surface area (Å²) in [6, 6.07) is 6.39.